The molecular weight excluding hydrogens is 405 g/mol. The first-order valence-corrected chi connectivity index (χ1v) is 11.0. The molecule has 0 spiro atoms. The van der Waals surface area contributed by atoms with Crippen molar-refractivity contribution in [2.75, 3.05) is 6.54 Å². The van der Waals surface area contributed by atoms with Crippen molar-refractivity contribution >= 4 is 5.91 Å². The van der Waals surface area contributed by atoms with Gasteiger partial charge in [0, 0.05) is 31.3 Å². The maximum Gasteiger partial charge on any atom is 0.217 e. The van der Waals surface area contributed by atoms with Crippen LogP contribution in [0.2, 0.25) is 0 Å². The monoisotopic (exact) mass is 433 g/mol. The number of nitrogens with one attached hydrogen (secondary N) is 1. The predicted molar refractivity (Wildman–Crippen MR) is 121 cm³/mol. The van der Waals surface area contributed by atoms with Crippen molar-refractivity contribution in [3.05, 3.63) is 95.1 Å². The first kappa shape index (κ1) is 22.0. The van der Waals surface area contributed by atoms with E-state index in [2.05, 4.69) is 33.4 Å². The number of hydrogen-bond acceptors (Lipinski definition) is 4. The summed E-state index contributed by atoms with van der Waals surface area (Å²) in [5.41, 5.74) is 4.00. The Morgan fingerprint density at radius 2 is 2.06 bits per heavy atom. The van der Waals surface area contributed by atoms with Crippen LogP contribution >= 0.6 is 0 Å². The van der Waals surface area contributed by atoms with Crippen LogP contribution in [-0.2, 0) is 24.5 Å². The summed E-state index contributed by atoms with van der Waals surface area (Å²) in [7, 11) is 0. The second-order valence-corrected chi connectivity index (χ2v) is 8.15. The van der Waals surface area contributed by atoms with E-state index in [9.17, 15) is 9.18 Å². The molecule has 1 aliphatic rings. The molecule has 0 saturated carbocycles. The standard InChI is InChI=1S/C26H28FN3O2/c1-19(31)29-16-24-15-21(11-12-28-24)25-9-5-13-30(25)17-22-7-2-3-10-26(22)32-18-20-6-4-8-23(27)14-20/h2-4,6-8,10-12,14-15,25H,5,9,13,16-18H2,1H3,(H,29,31)/t25-/m0/s1. The number of likely N-dealkylation sites (tertiary alicyclic amines) is 1. The third-order valence-corrected chi connectivity index (χ3v) is 5.74. The second-order valence-electron chi connectivity index (χ2n) is 8.15. The quantitative estimate of drug-likeness (QED) is 0.556. The van der Waals surface area contributed by atoms with Crippen LogP contribution in [-0.4, -0.2) is 22.3 Å². The number of aromatic nitrogens is 1. The molecule has 0 unspecified atom stereocenters. The molecule has 4 rings (SSSR count). The maximum atomic E-state index is 13.5. The Morgan fingerprint density at radius 3 is 2.91 bits per heavy atom. The molecule has 5 nitrogen and oxygen atoms in total. The fourth-order valence-corrected chi connectivity index (χ4v) is 4.19. The molecule has 2 heterocycles. The summed E-state index contributed by atoms with van der Waals surface area (Å²) in [4.78, 5) is 18.1. The van der Waals surface area contributed by atoms with Crippen LogP contribution in [0.3, 0.4) is 0 Å². The number of amides is 1. The van der Waals surface area contributed by atoms with Crippen LogP contribution in [0.1, 0.15) is 48.2 Å². The average Bonchev–Trinajstić information content (AvgIpc) is 3.25. The number of carbonyl (C=O) groups is 1. The highest BCUT2D eigenvalue weighted by atomic mass is 19.1. The van der Waals surface area contributed by atoms with Crippen LogP contribution in [0.4, 0.5) is 4.39 Å². The summed E-state index contributed by atoms with van der Waals surface area (Å²) in [6, 6.07) is 19.0. The molecule has 1 amide bonds. The maximum absolute atomic E-state index is 13.5. The first-order chi connectivity index (χ1) is 15.6. The van der Waals surface area contributed by atoms with Gasteiger partial charge in [0.1, 0.15) is 18.2 Å². The zero-order valence-corrected chi connectivity index (χ0v) is 18.3. The minimum atomic E-state index is -0.255. The normalized spacial score (nSPS) is 16.1. The molecule has 1 aromatic heterocycles. The Bertz CT molecular complexity index is 1070. The molecule has 1 fully saturated rings. The number of benzene rings is 2. The lowest BCUT2D eigenvalue weighted by atomic mass is 10.0. The smallest absolute Gasteiger partial charge is 0.217 e. The second kappa shape index (κ2) is 10.4. The molecule has 166 valence electrons. The van der Waals surface area contributed by atoms with Crippen molar-refractivity contribution < 1.29 is 13.9 Å². The van der Waals surface area contributed by atoms with E-state index in [0.29, 0.717) is 19.2 Å². The van der Waals surface area contributed by atoms with E-state index < -0.39 is 0 Å². The first-order valence-electron chi connectivity index (χ1n) is 11.0. The summed E-state index contributed by atoms with van der Waals surface area (Å²) >= 11 is 0. The van der Waals surface area contributed by atoms with Gasteiger partial charge in [-0.3, -0.25) is 14.7 Å². The third kappa shape index (κ3) is 5.71. The van der Waals surface area contributed by atoms with Gasteiger partial charge < -0.3 is 10.1 Å². The Kier molecular flexibility index (Phi) is 7.12. The van der Waals surface area contributed by atoms with E-state index in [1.807, 2.05) is 30.5 Å². The van der Waals surface area contributed by atoms with Crippen molar-refractivity contribution in [3.8, 4) is 5.75 Å². The lowest BCUT2D eigenvalue weighted by molar-refractivity contribution is -0.119. The number of rotatable bonds is 8. The topological polar surface area (TPSA) is 54.5 Å². The number of hydrogen-bond donors (Lipinski definition) is 1. The van der Waals surface area contributed by atoms with Crippen molar-refractivity contribution in [3.63, 3.8) is 0 Å². The van der Waals surface area contributed by atoms with Gasteiger partial charge in [0.05, 0.1) is 12.2 Å². The number of pyridine rings is 1. The number of carbonyl (C=O) groups excluding carboxylic acids is 1. The largest absolute Gasteiger partial charge is 0.489 e. The number of para-hydroxylation sites is 1. The molecule has 1 aliphatic heterocycles. The van der Waals surface area contributed by atoms with Crippen LogP contribution in [0, 0.1) is 5.82 Å². The fourth-order valence-electron chi connectivity index (χ4n) is 4.19. The summed E-state index contributed by atoms with van der Waals surface area (Å²) < 4.78 is 19.5. The molecule has 32 heavy (non-hydrogen) atoms. The zero-order chi connectivity index (χ0) is 22.3. The summed E-state index contributed by atoms with van der Waals surface area (Å²) in [5.74, 6) is 0.507. The summed E-state index contributed by atoms with van der Waals surface area (Å²) in [6.07, 6.45) is 4.02. The Hall–Kier alpha value is -3.25. The lowest BCUT2D eigenvalue weighted by Gasteiger charge is -2.26. The van der Waals surface area contributed by atoms with Gasteiger partial charge in [-0.25, -0.2) is 4.39 Å². The predicted octanol–water partition coefficient (Wildman–Crippen LogP) is 4.77. The van der Waals surface area contributed by atoms with Gasteiger partial charge in [-0.2, -0.15) is 0 Å². The van der Waals surface area contributed by atoms with Crippen molar-refractivity contribution in [1.29, 1.82) is 0 Å². The van der Waals surface area contributed by atoms with Crippen LogP contribution in [0.15, 0.2) is 66.9 Å². The highest BCUT2D eigenvalue weighted by Crippen LogP contribution is 2.34. The molecule has 0 radical (unpaired) electrons. The number of ether oxygens (including phenoxy) is 1. The molecule has 0 bridgehead atoms. The number of halogens is 1. The van der Waals surface area contributed by atoms with Crippen molar-refractivity contribution in [2.24, 2.45) is 0 Å². The SMILES string of the molecule is CC(=O)NCc1cc([C@@H]2CCCN2Cc2ccccc2OCc2cccc(F)c2)ccn1. The molecule has 6 heteroatoms. The summed E-state index contributed by atoms with van der Waals surface area (Å²) in [5, 5.41) is 2.81. The molecule has 3 aromatic rings. The van der Waals surface area contributed by atoms with E-state index in [-0.39, 0.29) is 11.7 Å². The molecule has 1 saturated heterocycles. The van der Waals surface area contributed by atoms with Gasteiger partial charge >= 0.3 is 0 Å². The Morgan fingerprint density at radius 1 is 1.19 bits per heavy atom. The number of nitrogens with zero attached hydrogens (tertiary/aromatic N) is 2. The lowest BCUT2D eigenvalue weighted by Crippen LogP contribution is -2.24. The molecular formula is C26H28FN3O2. The average molecular weight is 434 g/mol. The molecule has 0 aliphatic carbocycles. The minimum absolute atomic E-state index is 0.0606. The van der Waals surface area contributed by atoms with Gasteiger partial charge in [-0.05, 0) is 60.8 Å². The van der Waals surface area contributed by atoms with Crippen LogP contribution in [0.5, 0.6) is 5.75 Å². The highest BCUT2D eigenvalue weighted by molar-refractivity contribution is 5.72. The van der Waals surface area contributed by atoms with Crippen molar-refractivity contribution in [2.45, 2.75) is 45.5 Å². The van der Waals surface area contributed by atoms with E-state index in [1.54, 1.807) is 6.07 Å². The summed E-state index contributed by atoms with van der Waals surface area (Å²) in [6.45, 7) is 4.05. The van der Waals surface area contributed by atoms with E-state index in [4.69, 9.17) is 4.74 Å². The molecule has 2 aromatic carbocycles. The van der Waals surface area contributed by atoms with Crippen molar-refractivity contribution in [1.82, 2.24) is 15.2 Å². The zero-order valence-electron chi connectivity index (χ0n) is 18.3. The van der Waals surface area contributed by atoms with Gasteiger partial charge in [-0.1, -0.05) is 30.3 Å². The van der Waals surface area contributed by atoms with Gasteiger partial charge in [0.2, 0.25) is 5.91 Å². The third-order valence-electron chi connectivity index (χ3n) is 5.74. The fraction of sp³-hybridized carbons (Fsp3) is 0.308. The molecule has 1 atom stereocenters. The minimum Gasteiger partial charge on any atom is -0.489 e. The van der Waals surface area contributed by atoms with E-state index in [0.717, 1.165) is 48.5 Å². The van der Waals surface area contributed by atoms with Gasteiger partial charge in [-0.15, -0.1) is 0 Å². The highest BCUT2D eigenvalue weighted by Gasteiger charge is 2.27. The molecule has 1 N–H and O–H groups in total. The van der Waals surface area contributed by atoms with E-state index >= 15 is 0 Å². The van der Waals surface area contributed by atoms with Crippen LogP contribution < -0.4 is 10.1 Å². The van der Waals surface area contributed by atoms with Crippen LogP contribution in [0.25, 0.3) is 0 Å². The Balaban J connectivity index is 1.46. The Labute approximate surface area is 188 Å². The van der Waals surface area contributed by atoms with Gasteiger partial charge in [0.15, 0.2) is 0 Å². The van der Waals surface area contributed by atoms with Gasteiger partial charge in [0.25, 0.3) is 0 Å². The van der Waals surface area contributed by atoms with E-state index in [1.165, 1.54) is 24.6 Å².